The lowest BCUT2D eigenvalue weighted by molar-refractivity contribution is -0.00524. The van der Waals surface area contributed by atoms with Crippen molar-refractivity contribution in [3.05, 3.63) is 17.5 Å². The van der Waals surface area contributed by atoms with Crippen LogP contribution >= 0.6 is 0 Å². The quantitative estimate of drug-likeness (QED) is 0.849. The molecule has 0 radical (unpaired) electrons. The van der Waals surface area contributed by atoms with Crippen LogP contribution in [0.2, 0.25) is 0 Å². The number of piperidine rings is 1. The molecule has 0 unspecified atom stereocenters. The van der Waals surface area contributed by atoms with Crippen molar-refractivity contribution >= 4 is 12.0 Å². The third-order valence-corrected chi connectivity index (χ3v) is 4.60. The molecule has 2 amide bonds. The van der Waals surface area contributed by atoms with Crippen molar-refractivity contribution in [2.24, 2.45) is 0 Å². The lowest BCUT2D eigenvalue weighted by Crippen LogP contribution is -2.52. The molecule has 0 bridgehead atoms. The minimum Gasteiger partial charge on any atom is -0.439 e. The predicted molar refractivity (Wildman–Crippen MR) is 84.2 cm³/mol. The van der Waals surface area contributed by atoms with Gasteiger partial charge in [-0.1, -0.05) is 6.92 Å². The normalized spacial score (nSPS) is 24.4. The van der Waals surface area contributed by atoms with Crippen molar-refractivity contribution in [1.29, 1.82) is 0 Å². The van der Waals surface area contributed by atoms with Crippen LogP contribution in [0.1, 0.15) is 42.2 Å². The van der Waals surface area contributed by atoms with Crippen molar-refractivity contribution in [1.82, 2.24) is 19.6 Å². The van der Waals surface area contributed by atoms with E-state index in [4.69, 9.17) is 4.74 Å². The number of carbonyl (C=O) groups is 2. The van der Waals surface area contributed by atoms with Gasteiger partial charge in [-0.05, 0) is 26.2 Å². The lowest BCUT2D eigenvalue weighted by atomic mass is 9.92. The van der Waals surface area contributed by atoms with Gasteiger partial charge >= 0.3 is 6.09 Å². The first-order chi connectivity index (χ1) is 10.9. The number of hydrogen-bond acceptors (Lipinski definition) is 4. The van der Waals surface area contributed by atoms with Gasteiger partial charge in [0.2, 0.25) is 0 Å². The molecule has 1 aromatic rings. The maximum absolute atomic E-state index is 12.9. The number of amides is 2. The first-order valence-corrected chi connectivity index (χ1v) is 8.21. The number of rotatable bonds is 3. The van der Waals surface area contributed by atoms with Crippen LogP contribution in [0.25, 0.3) is 0 Å². The number of nitrogens with zero attached hydrogens (tertiary/aromatic N) is 4. The van der Waals surface area contributed by atoms with E-state index in [2.05, 4.69) is 12.0 Å². The second kappa shape index (κ2) is 5.86. The third kappa shape index (κ3) is 2.92. The first kappa shape index (κ1) is 15.8. The van der Waals surface area contributed by atoms with Crippen molar-refractivity contribution in [2.45, 2.75) is 45.3 Å². The van der Waals surface area contributed by atoms with Crippen LogP contribution in [0, 0.1) is 6.92 Å². The molecule has 0 aliphatic carbocycles. The first-order valence-electron chi connectivity index (χ1n) is 8.21. The molecule has 3 heterocycles. The zero-order valence-electron chi connectivity index (χ0n) is 14.0. The molecule has 0 aromatic carbocycles. The van der Waals surface area contributed by atoms with Gasteiger partial charge in [-0.25, -0.2) is 4.79 Å². The van der Waals surface area contributed by atoms with Crippen molar-refractivity contribution < 1.29 is 14.3 Å². The summed E-state index contributed by atoms with van der Waals surface area (Å²) in [5, 5.41) is 4.40. The van der Waals surface area contributed by atoms with Crippen LogP contribution in [0.5, 0.6) is 0 Å². The van der Waals surface area contributed by atoms with E-state index in [9.17, 15) is 9.59 Å². The van der Waals surface area contributed by atoms with E-state index in [0.29, 0.717) is 25.2 Å². The molecule has 126 valence electrons. The van der Waals surface area contributed by atoms with Crippen LogP contribution in [0.15, 0.2) is 6.20 Å². The number of aromatic nitrogens is 2. The Morgan fingerprint density at radius 1 is 1.43 bits per heavy atom. The maximum atomic E-state index is 12.9. The summed E-state index contributed by atoms with van der Waals surface area (Å²) in [5.74, 6) is -0.0190. The standard InChI is InChI=1S/C16H24N4O3/c1-4-7-20-9-13(12(2)17-20)14(21)19-8-5-6-16(11-19)10-18(3)15(22)23-16/h9H,4-8,10-11H2,1-3H3/t16-/m1/s1. The summed E-state index contributed by atoms with van der Waals surface area (Å²) in [6.45, 7) is 6.45. The minimum atomic E-state index is -0.549. The molecule has 23 heavy (non-hydrogen) atoms. The van der Waals surface area contributed by atoms with Gasteiger partial charge in [0.05, 0.1) is 24.3 Å². The monoisotopic (exact) mass is 320 g/mol. The fourth-order valence-corrected chi connectivity index (χ4v) is 3.52. The fourth-order valence-electron chi connectivity index (χ4n) is 3.52. The van der Waals surface area contributed by atoms with Gasteiger partial charge in [-0.3, -0.25) is 9.48 Å². The zero-order valence-corrected chi connectivity index (χ0v) is 14.0. The molecular formula is C16H24N4O3. The molecule has 1 atom stereocenters. The molecule has 0 N–H and O–H groups in total. The molecule has 0 saturated carbocycles. The zero-order chi connectivity index (χ0) is 16.6. The molecule has 1 spiro atoms. The molecule has 7 heteroatoms. The number of carbonyl (C=O) groups excluding carboxylic acids is 2. The van der Waals surface area contributed by atoms with Crippen molar-refractivity contribution in [3.63, 3.8) is 0 Å². The average Bonchev–Trinajstić information content (AvgIpc) is 2.99. The van der Waals surface area contributed by atoms with E-state index in [1.165, 1.54) is 0 Å². The van der Waals surface area contributed by atoms with E-state index >= 15 is 0 Å². The smallest absolute Gasteiger partial charge is 0.410 e. The Morgan fingerprint density at radius 2 is 2.22 bits per heavy atom. The highest BCUT2D eigenvalue weighted by atomic mass is 16.6. The Bertz CT molecular complexity index is 627. The summed E-state index contributed by atoms with van der Waals surface area (Å²) < 4.78 is 7.39. The van der Waals surface area contributed by atoms with Crippen LogP contribution < -0.4 is 0 Å². The second-order valence-corrected chi connectivity index (χ2v) is 6.63. The molecular weight excluding hydrogens is 296 g/mol. The number of hydrogen-bond donors (Lipinski definition) is 0. The van der Waals surface area contributed by atoms with Crippen LogP contribution in [-0.2, 0) is 11.3 Å². The highest BCUT2D eigenvalue weighted by Crippen LogP contribution is 2.32. The van der Waals surface area contributed by atoms with E-state index in [-0.39, 0.29) is 12.0 Å². The van der Waals surface area contributed by atoms with Gasteiger partial charge in [0.25, 0.3) is 5.91 Å². The summed E-state index contributed by atoms with van der Waals surface area (Å²) >= 11 is 0. The second-order valence-electron chi connectivity index (χ2n) is 6.63. The molecule has 2 saturated heterocycles. The molecule has 2 fully saturated rings. The van der Waals surface area contributed by atoms with Crippen LogP contribution in [0.4, 0.5) is 4.79 Å². The Labute approximate surface area is 136 Å². The Morgan fingerprint density at radius 3 is 2.87 bits per heavy atom. The topological polar surface area (TPSA) is 67.7 Å². The van der Waals surface area contributed by atoms with Gasteiger partial charge in [-0.15, -0.1) is 0 Å². The number of ether oxygens (including phenoxy) is 1. The maximum Gasteiger partial charge on any atom is 0.410 e. The predicted octanol–water partition coefficient (Wildman–Crippen LogP) is 1.66. The average molecular weight is 320 g/mol. The summed E-state index contributed by atoms with van der Waals surface area (Å²) in [6.07, 6.45) is 4.15. The van der Waals surface area contributed by atoms with Gasteiger partial charge in [0.15, 0.2) is 0 Å². The largest absolute Gasteiger partial charge is 0.439 e. The van der Waals surface area contributed by atoms with Gasteiger partial charge in [-0.2, -0.15) is 5.10 Å². The Hall–Kier alpha value is -2.05. The van der Waals surface area contributed by atoms with Crippen LogP contribution in [0.3, 0.4) is 0 Å². The van der Waals surface area contributed by atoms with Crippen LogP contribution in [-0.4, -0.2) is 63.9 Å². The van der Waals surface area contributed by atoms with E-state index in [0.717, 1.165) is 31.5 Å². The highest BCUT2D eigenvalue weighted by molar-refractivity contribution is 5.95. The van der Waals surface area contributed by atoms with Crippen molar-refractivity contribution in [3.8, 4) is 0 Å². The lowest BCUT2D eigenvalue weighted by Gasteiger charge is -2.38. The van der Waals surface area contributed by atoms with E-state index < -0.39 is 5.60 Å². The molecule has 7 nitrogen and oxygen atoms in total. The van der Waals surface area contributed by atoms with Gasteiger partial charge < -0.3 is 14.5 Å². The van der Waals surface area contributed by atoms with Gasteiger partial charge in [0.1, 0.15) is 5.60 Å². The number of likely N-dealkylation sites (N-methyl/N-ethyl adjacent to an activating group) is 1. The number of likely N-dealkylation sites (tertiary alicyclic amines) is 1. The van der Waals surface area contributed by atoms with E-state index in [1.807, 2.05) is 17.8 Å². The summed E-state index contributed by atoms with van der Waals surface area (Å²) in [6, 6.07) is 0. The van der Waals surface area contributed by atoms with Gasteiger partial charge in [0, 0.05) is 26.3 Å². The Kier molecular flexibility index (Phi) is 4.04. The fraction of sp³-hybridized carbons (Fsp3) is 0.688. The van der Waals surface area contributed by atoms with Crippen molar-refractivity contribution in [2.75, 3.05) is 26.7 Å². The Balaban J connectivity index is 1.76. The third-order valence-electron chi connectivity index (χ3n) is 4.60. The van der Waals surface area contributed by atoms with E-state index in [1.54, 1.807) is 16.8 Å². The molecule has 1 aromatic heterocycles. The number of aryl methyl sites for hydroxylation is 2. The summed E-state index contributed by atoms with van der Waals surface area (Å²) in [5.41, 5.74) is 0.851. The molecule has 3 rings (SSSR count). The minimum absolute atomic E-state index is 0.0190. The molecule has 2 aliphatic heterocycles. The highest BCUT2D eigenvalue weighted by Gasteiger charge is 2.47. The summed E-state index contributed by atoms with van der Waals surface area (Å²) in [7, 11) is 1.73. The molecule has 2 aliphatic rings. The SMILES string of the molecule is CCCn1cc(C(=O)N2CCC[C@@]3(CN(C)C(=O)O3)C2)c(C)n1. The summed E-state index contributed by atoms with van der Waals surface area (Å²) in [4.78, 5) is 28.0.